The van der Waals surface area contributed by atoms with Crippen LogP contribution in [0.15, 0.2) is 47.4 Å². The number of hydrogen-bond donors (Lipinski definition) is 0. The molecule has 1 aliphatic heterocycles. The van der Waals surface area contributed by atoms with Crippen LogP contribution >= 0.6 is 11.6 Å². The summed E-state index contributed by atoms with van der Waals surface area (Å²) >= 11 is 6.26. The first-order chi connectivity index (χ1) is 13.8. The minimum Gasteiger partial charge on any atom is -0.357 e. The third-order valence-corrected chi connectivity index (χ3v) is 6.31. The molecule has 3 aromatic rings. The molecule has 0 aliphatic carbocycles. The molecule has 150 valence electrons. The molecule has 0 saturated heterocycles. The van der Waals surface area contributed by atoms with Gasteiger partial charge in [-0.15, -0.1) is 0 Å². The van der Waals surface area contributed by atoms with Gasteiger partial charge in [0, 0.05) is 26.4 Å². The van der Waals surface area contributed by atoms with E-state index in [9.17, 15) is 13.2 Å². The van der Waals surface area contributed by atoms with Gasteiger partial charge in [-0.3, -0.25) is 9.69 Å². The van der Waals surface area contributed by atoms with Crippen LogP contribution in [0.5, 0.6) is 0 Å². The van der Waals surface area contributed by atoms with E-state index in [-0.39, 0.29) is 15.5 Å². The van der Waals surface area contributed by atoms with Gasteiger partial charge in [0.05, 0.1) is 26.5 Å². The van der Waals surface area contributed by atoms with Crippen LogP contribution in [0.1, 0.15) is 16.8 Å². The normalized spacial score (nSPS) is 14.6. The maximum absolute atomic E-state index is 13.4. The zero-order valence-electron chi connectivity index (χ0n) is 16.0. The molecule has 0 radical (unpaired) electrons. The van der Waals surface area contributed by atoms with Crippen LogP contribution in [-0.2, 0) is 9.84 Å². The van der Waals surface area contributed by atoms with E-state index in [1.54, 1.807) is 0 Å². The minimum absolute atomic E-state index is 0.0435. The van der Waals surface area contributed by atoms with Gasteiger partial charge in [0.15, 0.2) is 21.5 Å². The lowest BCUT2D eigenvalue weighted by molar-refractivity contribution is 0.0986. The van der Waals surface area contributed by atoms with Gasteiger partial charge >= 0.3 is 0 Å². The number of sulfone groups is 1. The highest BCUT2D eigenvalue weighted by Crippen LogP contribution is 2.32. The Bertz CT molecular complexity index is 1230. The molecule has 1 aliphatic rings. The number of rotatable bonds is 2. The largest absolute Gasteiger partial charge is 0.357 e. The molecule has 0 spiro atoms. The zero-order valence-corrected chi connectivity index (χ0v) is 17.5. The fourth-order valence-electron chi connectivity index (χ4n) is 3.34. The van der Waals surface area contributed by atoms with Gasteiger partial charge in [-0.1, -0.05) is 23.7 Å². The lowest BCUT2D eigenvalue weighted by Crippen LogP contribution is -2.32. The summed E-state index contributed by atoms with van der Waals surface area (Å²) in [6, 6.07) is 11.6. The Kier molecular flexibility index (Phi) is 4.92. The van der Waals surface area contributed by atoms with Crippen LogP contribution < -0.4 is 9.80 Å². The van der Waals surface area contributed by atoms with Crippen LogP contribution in [0.4, 0.5) is 11.6 Å². The van der Waals surface area contributed by atoms with Crippen molar-refractivity contribution in [3.63, 3.8) is 0 Å². The number of carbonyl (C=O) groups excluding carboxylic acids is 1. The van der Waals surface area contributed by atoms with Crippen LogP contribution in [0, 0.1) is 0 Å². The molecule has 0 unspecified atom stereocenters. The third-order valence-electron chi connectivity index (χ3n) is 4.87. The summed E-state index contributed by atoms with van der Waals surface area (Å²) in [5.41, 5.74) is 1.54. The molecule has 2 aromatic carbocycles. The second-order valence-electron chi connectivity index (χ2n) is 7.01. The van der Waals surface area contributed by atoms with Gasteiger partial charge in [-0.25, -0.2) is 18.4 Å². The second-order valence-corrected chi connectivity index (χ2v) is 9.43. The molecule has 7 nitrogen and oxygen atoms in total. The van der Waals surface area contributed by atoms with E-state index >= 15 is 0 Å². The highest BCUT2D eigenvalue weighted by molar-refractivity contribution is 7.90. The van der Waals surface area contributed by atoms with Crippen molar-refractivity contribution < 1.29 is 13.2 Å². The molecule has 2 heterocycles. The molecule has 29 heavy (non-hydrogen) atoms. The van der Waals surface area contributed by atoms with Gasteiger partial charge in [0.2, 0.25) is 0 Å². The summed E-state index contributed by atoms with van der Waals surface area (Å²) in [6.45, 7) is 1.13. The number of benzene rings is 2. The van der Waals surface area contributed by atoms with E-state index in [0.717, 1.165) is 11.8 Å². The van der Waals surface area contributed by atoms with Gasteiger partial charge < -0.3 is 4.90 Å². The van der Waals surface area contributed by atoms with Crippen LogP contribution in [0.2, 0.25) is 5.02 Å². The molecular formula is C20H19ClN4O3S. The number of aromatic nitrogens is 2. The Labute approximate surface area is 173 Å². The number of hydrogen-bond acceptors (Lipinski definition) is 6. The average molecular weight is 431 g/mol. The fourth-order valence-corrected chi connectivity index (χ4v) is 4.18. The lowest BCUT2D eigenvalue weighted by atomic mass is 10.2. The summed E-state index contributed by atoms with van der Waals surface area (Å²) in [6.07, 6.45) is 1.80. The molecular weight excluding hydrogens is 412 g/mol. The molecule has 0 fully saturated rings. The number of nitrogens with zero attached hydrogens (tertiary/aromatic N) is 4. The first kappa shape index (κ1) is 19.6. The van der Waals surface area contributed by atoms with Crippen molar-refractivity contribution in [3.05, 3.63) is 53.1 Å². The smallest absolute Gasteiger partial charge is 0.261 e. The Morgan fingerprint density at radius 3 is 2.34 bits per heavy atom. The van der Waals surface area contributed by atoms with Crippen molar-refractivity contribution in [1.29, 1.82) is 0 Å². The topological polar surface area (TPSA) is 83.5 Å². The van der Waals surface area contributed by atoms with Gasteiger partial charge in [-0.05, 0) is 36.8 Å². The first-order valence-corrected chi connectivity index (χ1v) is 11.3. The van der Waals surface area contributed by atoms with Crippen LogP contribution in [0.3, 0.4) is 0 Å². The van der Waals surface area contributed by atoms with E-state index < -0.39 is 15.7 Å². The first-order valence-electron chi connectivity index (χ1n) is 9.05. The highest BCUT2D eigenvalue weighted by atomic mass is 35.5. The number of halogens is 1. The summed E-state index contributed by atoms with van der Waals surface area (Å²) in [5.74, 6) is 0.640. The van der Waals surface area contributed by atoms with Crippen molar-refractivity contribution in [2.24, 2.45) is 0 Å². The van der Waals surface area contributed by atoms with E-state index in [2.05, 4.69) is 0 Å². The molecule has 0 saturated carbocycles. The SMILES string of the molecule is CN1CCCN(C(=O)c2cc(S(C)(=O)=O)ccc2Cl)c2nc3ccccc3nc21. The van der Waals surface area contributed by atoms with Gasteiger partial charge in [-0.2, -0.15) is 0 Å². The van der Waals surface area contributed by atoms with Crippen molar-refractivity contribution in [3.8, 4) is 0 Å². The predicted molar refractivity (Wildman–Crippen MR) is 114 cm³/mol. The van der Waals surface area contributed by atoms with Crippen molar-refractivity contribution in [2.45, 2.75) is 11.3 Å². The molecule has 4 rings (SSSR count). The summed E-state index contributed by atoms with van der Waals surface area (Å²) < 4.78 is 23.9. The number of anilines is 2. The Morgan fingerprint density at radius 1 is 1.03 bits per heavy atom. The fraction of sp³-hybridized carbons (Fsp3) is 0.250. The summed E-state index contributed by atoms with van der Waals surface area (Å²) in [5, 5.41) is 0.190. The molecule has 0 atom stereocenters. The third kappa shape index (κ3) is 3.65. The van der Waals surface area contributed by atoms with E-state index in [4.69, 9.17) is 21.6 Å². The van der Waals surface area contributed by atoms with E-state index in [0.29, 0.717) is 36.7 Å². The average Bonchev–Trinajstić information content (AvgIpc) is 2.84. The maximum atomic E-state index is 13.4. The van der Waals surface area contributed by atoms with Crippen molar-refractivity contribution in [1.82, 2.24) is 9.97 Å². The molecule has 1 aromatic heterocycles. The number of para-hydroxylation sites is 2. The van der Waals surface area contributed by atoms with Crippen molar-refractivity contribution in [2.75, 3.05) is 36.2 Å². The van der Waals surface area contributed by atoms with Crippen LogP contribution in [0.25, 0.3) is 11.0 Å². The lowest BCUT2D eigenvalue weighted by Gasteiger charge is -2.23. The molecule has 0 N–H and O–H groups in total. The highest BCUT2D eigenvalue weighted by Gasteiger charge is 2.29. The number of carbonyl (C=O) groups is 1. The van der Waals surface area contributed by atoms with Gasteiger partial charge in [0.25, 0.3) is 5.91 Å². The summed E-state index contributed by atoms with van der Waals surface area (Å²) in [4.78, 5) is 26.4. The van der Waals surface area contributed by atoms with Crippen molar-refractivity contribution >= 4 is 50.0 Å². The number of amides is 1. The van der Waals surface area contributed by atoms with E-state index in [1.807, 2.05) is 36.2 Å². The maximum Gasteiger partial charge on any atom is 0.261 e. The zero-order chi connectivity index (χ0) is 20.8. The molecule has 0 bridgehead atoms. The number of fused-ring (bicyclic) bond motifs is 2. The Balaban J connectivity index is 1.87. The monoisotopic (exact) mass is 430 g/mol. The predicted octanol–water partition coefficient (Wildman–Crippen LogP) is 3.17. The Morgan fingerprint density at radius 2 is 1.69 bits per heavy atom. The quantitative estimate of drug-likeness (QED) is 0.621. The van der Waals surface area contributed by atoms with Gasteiger partial charge in [0.1, 0.15) is 0 Å². The molecule has 1 amide bonds. The van der Waals surface area contributed by atoms with Crippen LogP contribution in [-0.4, -0.2) is 50.7 Å². The van der Waals surface area contributed by atoms with E-state index in [1.165, 1.54) is 23.1 Å². The Hall–Kier alpha value is -2.71. The minimum atomic E-state index is -3.48. The second kappa shape index (κ2) is 7.27. The standard InChI is InChI=1S/C20H19ClN4O3S/c1-24-10-5-11-25(19-18(24)22-16-6-3-4-7-17(16)23-19)20(26)14-12-13(29(2,27)28)8-9-15(14)21/h3-4,6-9,12H,5,10-11H2,1-2H3. The summed E-state index contributed by atoms with van der Waals surface area (Å²) in [7, 11) is -1.57. The molecule has 9 heteroatoms.